The number of hydrogen-bond donors (Lipinski definition) is 1. The van der Waals surface area contributed by atoms with E-state index < -0.39 is 0 Å². The van der Waals surface area contributed by atoms with Crippen molar-refractivity contribution in [3.8, 4) is 0 Å². The number of anilines is 1. The van der Waals surface area contributed by atoms with Crippen molar-refractivity contribution in [1.29, 1.82) is 0 Å². The van der Waals surface area contributed by atoms with Gasteiger partial charge in [-0.05, 0) is 65.3 Å². The fraction of sp³-hybridized carbons (Fsp3) is 0.333. The lowest BCUT2D eigenvalue weighted by molar-refractivity contribution is 0.468. The van der Waals surface area contributed by atoms with E-state index in [2.05, 4.69) is 47.0 Å². The third kappa shape index (κ3) is 3.08. The molecule has 4 heteroatoms. The van der Waals surface area contributed by atoms with E-state index in [0.717, 1.165) is 31.7 Å². The number of nitrogens with one attached hydrogen (secondary N) is 1. The second-order valence-electron chi connectivity index (χ2n) is 5.10. The second-order valence-corrected chi connectivity index (χ2v) is 6.70. The minimum absolute atomic E-state index is 0.643. The molecule has 2 unspecified atom stereocenters. The van der Waals surface area contributed by atoms with Gasteiger partial charge < -0.3 is 9.73 Å². The van der Waals surface area contributed by atoms with E-state index in [9.17, 15) is 0 Å². The Morgan fingerprint density at radius 2 is 2.16 bits per heavy atom. The van der Waals surface area contributed by atoms with Gasteiger partial charge in [0.2, 0.25) is 0 Å². The van der Waals surface area contributed by atoms with Crippen LogP contribution in [0.5, 0.6) is 0 Å². The highest BCUT2D eigenvalue weighted by Gasteiger charge is 2.36. The highest BCUT2D eigenvalue weighted by molar-refractivity contribution is 14.1. The Morgan fingerprint density at radius 3 is 2.84 bits per heavy atom. The van der Waals surface area contributed by atoms with Crippen molar-refractivity contribution >= 4 is 39.9 Å². The van der Waals surface area contributed by atoms with Crippen LogP contribution in [0.3, 0.4) is 0 Å². The maximum Gasteiger partial charge on any atom is 0.123 e. The van der Waals surface area contributed by atoms with Crippen molar-refractivity contribution in [3.63, 3.8) is 0 Å². The van der Waals surface area contributed by atoms with Crippen LogP contribution >= 0.6 is 34.2 Å². The van der Waals surface area contributed by atoms with E-state index in [1.165, 1.54) is 6.42 Å². The molecular formula is C15H15ClINO. The molecule has 3 rings (SSSR count). The number of rotatable bonds is 4. The van der Waals surface area contributed by atoms with Gasteiger partial charge in [-0.3, -0.25) is 0 Å². The fourth-order valence-corrected chi connectivity index (χ4v) is 3.28. The van der Waals surface area contributed by atoms with E-state index in [4.69, 9.17) is 16.0 Å². The van der Waals surface area contributed by atoms with Crippen molar-refractivity contribution < 1.29 is 4.42 Å². The van der Waals surface area contributed by atoms with Crippen LogP contribution in [-0.2, 0) is 6.54 Å². The second kappa shape index (κ2) is 5.37. The number of furan rings is 1. The summed E-state index contributed by atoms with van der Waals surface area (Å²) in [5.74, 6) is 3.54. The summed E-state index contributed by atoms with van der Waals surface area (Å²) in [5, 5.41) is 4.14. The van der Waals surface area contributed by atoms with Crippen LogP contribution in [0.4, 0.5) is 5.69 Å². The van der Waals surface area contributed by atoms with Crippen LogP contribution in [0.25, 0.3) is 0 Å². The minimum Gasteiger partial charge on any atom is -0.464 e. The van der Waals surface area contributed by atoms with Gasteiger partial charge >= 0.3 is 0 Å². The molecule has 1 heterocycles. The Labute approximate surface area is 131 Å². The lowest BCUT2D eigenvalue weighted by Crippen LogP contribution is -1.99. The van der Waals surface area contributed by atoms with Gasteiger partial charge in [0.1, 0.15) is 11.5 Å². The molecule has 100 valence electrons. The standard InChI is InChI=1S/C15H15ClINO/c1-9-6-12(9)15-5-3-11(19-15)8-18-14-4-2-10(16)7-13(14)17/h2-5,7,9,12,18H,6,8H2,1H3. The predicted octanol–water partition coefficient (Wildman–Crippen LogP) is 5.27. The quantitative estimate of drug-likeness (QED) is 0.723. The first-order valence-corrected chi connectivity index (χ1v) is 7.86. The molecule has 1 aliphatic carbocycles. The van der Waals surface area contributed by atoms with Gasteiger partial charge in [-0.1, -0.05) is 18.5 Å². The van der Waals surface area contributed by atoms with Gasteiger partial charge in [-0.2, -0.15) is 0 Å². The molecule has 1 fully saturated rings. The third-order valence-corrected chi connectivity index (χ3v) is 4.67. The van der Waals surface area contributed by atoms with Crippen molar-refractivity contribution in [3.05, 3.63) is 50.4 Å². The molecule has 0 aliphatic heterocycles. The normalized spacial score (nSPS) is 21.4. The first-order chi connectivity index (χ1) is 9.13. The van der Waals surface area contributed by atoms with Gasteiger partial charge in [0.25, 0.3) is 0 Å². The van der Waals surface area contributed by atoms with Crippen LogP contribution in [0.1, 0.15) is 30.8 Å². The minimum atomic E-state index is 0.643. The Kier molecular flexibility index (Phi) is 3.76. The van der Waals surface area contributed by atoms with E-state index in [-0.39, 0.29) is 0 Å². The first kappa shape index (κ1) is 13.3. The summed E-state index contributed by atoms with van der Waals surface area (Å²) >= 11 is 8.22. The summed E-state index contributed by atoms with van der Waals surface area (Å²) < 4.78 is 6.99. The summed E-state index contributed by atoms with van der Waals surface area (Å²) in [6.07, 6.45) is 1.26. The topological polar surface area (TPSA) is 25.2 Å². The molecule has 2 aromatic rings. The molecular weight excluding hydrogens is 373 g/mol. The van der Waals surface area contributed by atoms with Crippen LogP contribution < -0.4 is 5.32 Å². The Morgan fingerprint density at radius 1 is 1.37 bits per heavy atom. The average molecular weight is 388 g/mol. The Bertz CT molecular complexity index is 596. The molecule has 2 nitrogen and oxygen atoms in total. The summed E-state index contributed by atoms with van der Waals surface area (Å²) in [6.45, 7) is 2.97. The largest absolute Gasteiger partial charge is 0.464 e. The SMILES string of the molecule is CC1CC1c1ccc(CNc2ccc(Cl)cc2I)o1. The lowest BCUT2D eigenvalue weighted by Gasteiger charge is -2.07. The molecule has 19 heavy (non-hydrogen) atoms. The maximum absolute atomic E-state index is 5.94. The van der Waals surface area contributed by atoms with Crippen molar-refractivity contribution in [2.75, 3.05) is 5.32 Å². The smallest absolute Gasteiger partial charge is 0.123 e. The zero-order valence-electron chi connectivity index (χ0n) is 10.6. The third-order valence-electron chi connectivity index (χ3n) is 3.54. The molecule has 0 radical (unpaired) electrons. The zero-order chi connectivity index (χ0) is 13.4. The Balaban J connectivity index is 1.64. The highest BCUT2D eigenvalue weighted by atomic mass is 127. The predicted molar refractivity (Wildman–Crippen MR) is 86.7 cm³/mol. The van der Waals surface area contributed by atoms with Crippen molar-refractivity contribution in [2.45, 2.75) is 25.8 Å². The number of hydrogen-bond acceptors (Lipinski definition) is 2. The first-order valence-electron chi connectivity index (χ1n) is 6.41. The van der Waals surface area contributed by atoms with Crippen LogP contribution in [0, 0.1) is 9.49 Å². The molecule has 0 spiro atoms. The number of benzene rings is 1. The lowest BCUT2D eigenvalue weighted by atomic mass is 10.3. The van der Waals surface area contributed by atoms with Crippen molar-refractivity contribution in [2.24, 2.45) is 5.92 Å². The van der Waals surface area contributed by atoms with E-state index in [1.54, 1.807) is 0 Å². The van der Waals surface area contributed by atoms with Gasteiger partial charge in [-0.25, -0.2) is 0 Å². The number of halogens is 2. The van der Waals surface area contributed by atoms with Crippen molar-refractivity contribution in [1.82, 2.24) is 0 Å². The van der Waals surface area contributed by atoms with Crippen LogP contribution in [-0.4, -0.2) is 0 Å². The molecule has 1 aliphatic rings. The van der Waals surface area contributed by atoms with E-state index in [1.807, 2.05) is 18.2 Å². The molecule has 1 aromatic carbocycles. The molecule has 2 atom stereocenters. The molecule has 0 amide bonds. The van der Waals surface area contributed by atoms with E-state index >= 15 is 0 Å². The summed E-state index contributed by atoms with van der Waals surface area (Å²) in [4.78, 5) is 0. The maximum atomic E-state index is 5.94. The molecule has 0 saturated heterocycles. The van der Waals surface area contributed by atoms with Gasteiger partial charge in [0.05, 0.1) is 6.54 Å². The van der Waals surface area contributed by atoms with E-state index in [0.29, 0.717) is 12.5 Å². The molecule has 1 aromatic heterocycles. The molecule has 0 bridgehead atoms. The van der Waals surface area contributed by atoms with Crippen LogP contribution in [0.15, 0.2) is 34.7 Å². The Hall–Kier alpha value is -0.680. The summed E-state index contributed by atoms with van der Waals surface area (Å²) in [7, 11) is 0. The molecule has 1 saturated carbocycles. The monoisotopic (exact) mass is 387 g/mol. The summed E-state index contributed by atoms with van der Waals surface area (Å²) in [6, 6.07) is 10.0. The fourth-order valence-electron chi connectivity index (χ4n) is 2.22. The van der Waals surface area contributed by atoms with Gasteiger partial charge in [0.15, 0.2) is 0 Å². The highest BCUT2D eigenvalue weighted by Crippen LogP contribution is 2.47. The molecule has 1 N–H and O–H groups in total. The summed E-state index contributed by atoms with van der Waals surface area (Å²) in [5.41, 5.74) is 1.09. The average Bonchev–Trinajstić information content (AvgIpc) is 2.91. The van der Waals surface area contributed by atoms with Crippen LogP contribution in [0.2, 0.25) is 5.02 Å². The van der Waals surface area contributed by atoms with Gasteiger partial charge in [0, 0.05) is 20.2 Å². The van der Waals surface area contributed by atoms with Gasteiger partial charge in [-0.15, -0.1) is 0 Å². The zero-order valence-corrected chi connectivity index (χ0v) is 13.5.